The van der Waals surface area contributed by atoms with Gasteiger partial charge < -0.3 is 4.57 Å². The number of rotatable bonds is 2. The van der Waals surface area contributed by atoms with Gasteiger partial charge in [0, 0.05) is 28.9 Å². The summed E-state index contributed by atoms with van der Waals surface area (Å²) in [6.07, 6.45) is -4.57. The van der Waals surface area contributed by atoms with Crippen LogP contribution in [0.4, 0.5) is 13.2 Å². The van der Waals surface area contributed by atoms with Gasteiger partial charge >= 0.3 is 6.18 Å². The minimum absolute atomic E-state index is 0.0209. The molecule has 0 spiro atoms. The van der Waals surface area contributed by atoms with Gasteiger partial charge in [-0.1, -0.05) is 84.9 Å². The van der Waals surface area contributed by atoms with Crippen LogP contribution in [0.15, 0.2) is 91.0 Å². The van der Waals surface area contributed by atoms with Gasteiger partial charge in [0.25, 0.3) is 0 Å². The van der Waals surface area contributed by atoms with Crippen molar-refractivity contribution in [3.63, 3.8) is 0 Å². The quantitative estimate of drug-likeness (QED) is 0.270. The lowest BCUT2D eigenvalue weighted by molar-refractivity contribution is -0.136. The van der Waals surface area contributed by atoms with Crippen LogP contribution in [0.3, 0.4) is 0 Å². The molecule has 6 heteroatoms. The molecule has 0 saturated carbocycles. The summed E-state index contributed by atoms with van der Waals surface area (Å²) in [7, 11) is 1.75. The summed E-state index contributed by atoms with van der Waals surface area (Å²) in [4.78, 5) is 9.53. The van der Waals surface area contributed by atoms with Crippen molar-refractivity contribution in [3.8, 4) is 22.5 Å². The third-order valence-electron chi connectivity index (χ3n) is 6.20. The first-order valence-corrected chi connectivity index (χ1v) is 10.8. The standard InChI is InChI=1S/C28H18F3N3/c1-34-26-20-15-9-8-14-19(20)24(18-12-6-3-7-13-18)33-25(26)23-21(28(29,30)31)16-22(32-27(23)34)17-10-4-2-5-11-17/h2-16H,1H3. The lowest BCUT2D eigenvalue weighted by atomic mass is 10.0. The van der Waals surface area contributed by atoms with Crippen molar-refractivity contribution in [3.05, 3.63) is 96.6 Å². The molecule has 34 heavy (non-hydrogen) atoms. The summed E-state index contributed by atoms with van der Waals surface area (Å²) in [6, 6.07) is 27.3. The number of aryl methyl sites for hydroxylation is 1. The van der Waals surface area contributed by atoms with Crippen molar-refractivity contribution < 1.29 is 13.2 Å². The van der Waals surface area contributed by atoms with Gasteiger partial charge in [-0.3, -0.25) is 0 Å². The van der Waals surface area contributed by atoms with Crippen LogP contribution >= 0.6 is 0 Å². The Labute approximate surface area is 193 Å². The molecule has 0 amide bonds. The van der Waals surface area contributed by atoms with E-state index in [0.717, 1.165) is 22.4 Å². The Bertz CT molecular complexity index is 1690. The van der Waals surface area contributed by atoms with Gasteiger partial charge in [-0.05, 0) is 6.07 Å². The van der Waals surface area contributed by atoms with Crippen molar-refractivity contribution in [2.45, 2.75) is 6.18 Å². The summed E-state index contributed by atoms with van der Waals surface area (Å²) in [5, 5.41) is 1.73. The first-order chi connectivity index (χ1) is 16.4. The zero-order valence-electron chi connectivity index (χ0n) is 18.1. The van der Waals surface area contributed by atoms with Crippen LogP contribution in [0.25, 0.3) is 55.4 Å². The van der Waals surface area contributed by atoms with Crippen LogP contribution in [0.1, 0.15) is 5.56 Å². The molecule has 0 bridgehead atoms. The van der Waals surface area contributed by atoms with E-state index in [1.807, 2.05) is 60.7 Å². The predicted molar refractivity (Wildman–Crippen MR) is 129 cm³/mol. The third kappa shape index (κ3) is 3.06. The molecule has 0 atom stereocenters. The number of hydrogen-bond donors (Lipinski definition) is 0. The van der Waals surface area contributed by atoms with Crippen LogP contribution in [0.2, 0.25) is 0 Å². The Morgan fingerprint density at radius 1 is 0.706 bits per heavy atom. The minimum Gasteiger partial charge on any atom is -0.326 e. The monoisotopic (exact) mass is 453 g/mol. The van der Waals surface area contributed by atoms with Gasteiger partial charge in [0.05, 0.1) is 33.4 Å². The lowest BCUT2D eigenvalue weighted by Gasteiger charge is -2.11. The van der Waals surface area contributed by atoms with Gasteiger partial charge in [-0.15, -0.1) is 0 Å². The molecule has 3 nitrogen and oxygen atoms in total. The molecule has 0 aliphatic rings. The minimum atomic E-state index is -4.57. The smallest absolute Gasteiger partial charge is 0.326 e. The Kier molecular flexibility index (Phi) is 4.45. The number of fused-ring (bicyclic) bond motifs is 5. The third-order valence-corrected chi connectivity index (χ3v) is 6.20. The molecular formula is C28H18F3N3. The summed E-state index contributed by atoms with van der Waals surface area (Å²) in [6.45, 7) is 0. The highest BCUT2D eigenvalue weighted by molar-refractivity contribution is 6.18. The van der Waals surface area contributed by atoms with Crippen LogP contribution in [0.5, 0.6) is 0 Å². The number of alkyl halides is 3. The summed E-state index contributed by atoms with van der Waals surface area (Å²) < 4.78 is 45.0. The molecule has 3 aromatic heterocycles. The predicted octanol–water partition coefficient (Wildman–Crippen LogP) is 7.63. The molecule has 0 fully saturated rings. The fraction of sp³-hybridized carbons (Fsp3) is 0.0714. The molecule has 0 aliphatic heterocycles. The molecule has 0 unspecified atom stereocenters. The second-order valence-corrected chi connectivity index (χ2v) is 8.25. The average molecular weight is 453 g/mol. The maximum atomic E-state index is 14.4. The Balaban J connectivity index is 1.82. The number of pyridine rings is 2. The number of nitrogens with zero attached hydrogens (tertiary/aromatic N) is 3. The first-order valence-electron chi connectivity index (χ1n) is 10.8. The Hall–Kier alpha value is -4.19. The van der Waals surface area contributed by atoms with E-state index in [9.17, 15) is 13.2 Å². The van der Waals surface area contributed by atoms with Crippen LogP contribution < -0.4 is 0 Å². The van der Waals surface area contributed by atoms with Gasteiger partial charge in [0.2, 0.25) is 0 Å². The van der Waals surface area contributed by atoms with Crippen LogP contribution in [-0.2, 0) is 13.2 Å². The van der Waals surface area contributed by atoms with Crippen molar-refractivity contribution in [1.29, 1.82) is 0 Å². The second kappa shape index (κ2) is 7.42. The van der Waals surface area contributed by atoms with Crippen molar-refractivity contribution in [2.24, 2.45) is 7.05 Å². The van der Waals surface area contributed by atoms with Crippen molar-refractivity contribution >= 4 is 32.8 Å². The summed E-state index contributed by atoms with van der Waals surface area (Å²) in [5.74, 6) is 0. The van der Waals surface area contributed by atoms with Crippen molar-refractivity contribution in [1.82, 2.24) is 14.5 Å². The van der Waals surface area contributed by atoms with E-state index in [-0.39, 0.29) is 16.7 Å². The maximum absolute atomic E-state index is 14.4. The number of hydrogen-bond acceptors (Lipinski definition) is 2. The SMILES string of the molecule is Cn1c2nc(-c3ccccc3)cc(C(F)(F)F)c2c2nc(-c3ccccc3)c3ccccc3c21. The van der Waals surface area contributed by atoms with E-state index < -0.39 is 11.7 Å². The fourth-order valence-electron chi connectivity index (χ4n) is 4.67. The molecule has 0 radical (unpaired) electrons. The molecular weight excluding hydrogens is 435 g/mol. The highest BCUT2D eigenvalue weighted by atomic mass is 19.4. The molecule has 3 heterocycles. The highest BCUT2D eigenvalue weighted by Gasteiger charge is 2.36. The molecule has 0 saturated heterocycles. The maximum Gasteiger partial charge on any atom is 0.417 e. The molecule has 6 aromatic rings. The summed E-state index contributed by atoms with van der Waals surface area (Å²) in [5.41, 5.74) is 2.86. The normalized spacial score (nSPS) is 12.1. The Morgan fingerprint density at radius 3 is 1.94 bits per heavy atom. The fourth-order valence-corrected chi connectivity index (χ4v) is 4.67. The lowest BCUT2D eigenvalue weighted by Crippen LogP contribution is -2.07. The molecule has 0 aliphatic carbocycles. The van der Waals surface area contributed by atoms with Gasteiger partial charge in [0.15, 0.2) is 0 Å². The van der Waals surface area contributed by atoms with Gasteiger partial charge in [0.1, 0.15) is 5.65 Å². The van der Waals surface area contributed by atoms with Gasteiger partial charge in [-0.25, -0.2) is 9.97 Å². The molecule has 166 valence electrons. The van der Waals surface area contributed by atoms with E-state index in [1.54, 1.807) is 35.9 Å². The number of benzene rings is 3. The van der Waals surface area contributed by atoms with Crippen LogP contribution in [0, 0.1) is 0 Å². The van der Waals surface area contributed by atoms with E-state index in [2.05, 4.69) is 4.98 Å². The van der Waals surface area contributed by atoms with E-state index >= 15 is 0 Å². The van der Waals surface area contributed by atoms with E-state index in [1.165, 1.54) is 0 Å². The van der Waals surface area contributed by atoms with Crippen molar-refractivity contribution in [2.75, 3.05) is 0 Å². The topological polar surface area (TPSA) is 30.7 Å². The number of aromatic nitrogens is 3. The molecule has 0 N–H and O–H groups in total. The zero-order valence-corrected chi connectivity index (χ0v) is 18.1. The van der Waals surface area contributed by atoms with Crippen LogP contribution in [-0.4, -0.2) is 14.5 Å². The highest BCUT2D eigenvalue weighted by Crippen LogP contribution is 2.43. The first kappa shape index (κ1) is 20.4. The second-order valence-electron chi connectivity index (χ2n) is 8.25. The van der Waals surface area contributed by atoms with E-state index in [0.29, 0.717) is 22.3 Å². The van der Waals surface area contributed by atoms with Gasteiger partial charge in [-0.2, -0.15) is 13.2 Å². The molecule has 6 rings (SSSR count). The zero-order chi connectivity index (χ0) is 23.4. The number of halogens is 3. The largest absolute Gasteiger partial charge is 0.417 e. The summed E-state index contributed by atoms with van der Waals surface area (Å²) >= 11 is 0. The Morgan fingerprint density at radius 2 is 1.29 bits per heavy atom. The molecule has 3 aromatic carbocycles. The average Bonchev–Trinajstić information content (AvgIpc) is 3.15. The van der Waals surface area contributed by atoms with E-state index in [4.69, 9.17) is 4.98 Å².